The number of alkyl halides is 3. The van der Waals surface area contributed by atoms with Crippen LogP contribution in [0.15, 0.2) is 12.1 Å². The van der Waals surface area contributed by atoms with Crippen molar-refractivity contribution in [1.29, 1.82) is 0 Å². The summed E-state index contributed by atoms with van der Waals surface area (Å²) >= 11 is 0. The number of aryl methyl sites for hydroxylation is 2. The summed E-state index contributed by atoms with van der Waals surface area (Å²) in [5, 5.41) is 9.87. The summed E-state index contributed by atoms with van der Waals surface area (Å²) in [5.41, 5.74) is 0.837. The van der Waals surface area contributed by atoms with Gasteiger partial charge in [-0.05, 0) is 26.8 Å². The van der Waals surface area contributed by atoms with Crippen molar-refractivity contribution in [3.8, 4) is 0 Å². The number of hydrogen-bond acceptors (Lipinski definition) is 4. The van der Waals surface area contributed by atoms with Crippen molar-refractivity contribution in [2.75, 3.05) is 5.32 Å². The molecule has 0 bridgehead atoms. The average Bonchev–Trinajstić information content (AvgIpc) is 2.72. The lowest BCUT2D eigenvalue weighted by atomic mass is 10.2. The largest absolute Gasteiger partial charge is 0.433 e. The van der Waals surface area contributed by atoms with E-state index in [1.54, 1.807) is 0 Å². The smallest absolute Gasteiger partial charge is 0.367 e. The zero-order valence-corrected chi connectivity index (χ0v) is 11.9. The molecule has 8 heteroatoms. The normalized spacial score (nSPS) is 13.2. The Morgan fingerprint density at radius 3 is 2.52 bits per heavy atom. The molecule has 21 heavy (non-hydrogen) atoms. The van der Waals surface area contributed by atoms with Crippen LogP contribution in [-0.4, -0.2) is 26.2 Å². The molecule has 114 valence electrons. The van der Waals surface area contributed by atoms with Gasteiger partial charge in [-0.1, -0.05) is 0 Å². The zero-order valence-electron chi connectivity index (χ0n) is 11.9. The number of H-pyrrole nitrogens is 1. The minimum absolute atomic E-state index is 0.0788. The molecule has 0 radical (unpaired) electrons. The van der Waals surface area contributed by atoms with Crippen molar-refractivity contribution >= 4 is 5.82 Å². The molecule has 0 amide bonds. The first-order chi connectivity index (χ1) is 9.74. The first kappa shape index (κ1) is 15.3. The van der Waals surface area contributed by atoms with Crippen LogP contribution in [0.1, 0.15) is 29.8 Å². The quantitative estimate of drug-likeness (QED) is 0.911. The molecule has 1 unspecified atom stereocenters. The lowest BCUT2D eigenvalue weighted by molar-refractivity contribution is -0.141. The fourth-order valence-electron chi connectivity index (χ4n) is 1.98. The summed E-state index contributed by atoms with van der Waals surface area (Å²) < 4.78 is 38.1. The number of nitrogens with one attached hydrogen (secondary N) is 2. The van der Waals surface area contributed by atoms with Gasteiger partial charge in [-0.3, -0.25) is 5.10 Å². The fourth-order valence-corrected chi connectivity index (χ4v) is 1.98. The van der Waals surface area contributed by atoms with Crippen LogP contribution >= 0.6 is 0 Å². The number of aromatic amines is 1. The number of aromatic nitrogens is 4. The van der Waals surface area contributed by atoms with Gasteiger partial charge in [0.25, 0.3) is 0 Å². The van der Waals surface area contributed by atoms with Crippen LogP contribution < -0.4 is 5.32 Å². The highest BCUT2D eigenvalue weighted by Gasteiger charge is 2.33. The molecule has 2 heterocycles. The third-order valence-corrected chi connectivity index (χ3v) is 2.80. The zero-order chi connectivity index (χ0) is 15.6. The van der Waals surface area contributed by atoms with E-state index in [0.717, 1.165) is 17.5 Å². The summed E-state index contributed by atoms with van der Waals surface area (Å²) in [6.45, 7) is 5.18. The van der Waals surface area contributed by atoms with Gasteiger partial charge in [0.1, 0.15) is 17.3 Å². The molecule has 2 N–H and O–H groups in total. The second kappa shape index (κ2) is 5.71. The molecule has 0 spiro atoms. The first-order valence-electron chi connectivity index (χ1n) is 6.44. The van der Waals surface area contributed by atoms with E-state index in [1.807, 2.05) is 19.9 Å². The average molecular weight is 299 g/mol. The van der Waals surface area contributed by atoms with E-state index in [4.69, 9.17) is 0 Å². The molecular weight excluding hydrogens is 283 g/mol. The van der Waals surface area contributed by atoms with Crippen LogP contribution in [0.25, 0.3) is 0 Å². The molecule has 2 aromatic heterocycles. The van der Waals surface area contributed by atoms with Crippen molar-refractivity contribution in [3.63, 3.8) is 0 Å². The van der Waals surface area contributed by atoms with E-state index >= 15 is 0 Å². The molecule has 0 saturated carbocycles. The monoisotopic (exact) mass is 299 g/mol. The highest BCUT2D eigenvalue weighted by atomic mass is 19.4. The number of rotatable bonds is 4. The topological polar surface area (TPSA) is 66.5 Å². The Balaban J connectivity index is 2.10. The van der Waals surface area contributed by atoms with Crippen molar-refractivity contribution < 1.29 is 13.2 Å². The molecule has 2 rings (SSSR count). The minimum atomic E-state index is -4.48. The first-order valence-corrected chi connectivity index (χ1v) is 6.44. The van der Waals surface area contributed by atoms with Gasteiger partial charge >= 0.3 is 6.18 Å². The van der Waals surface area contributed by atoms with Crippen LogP contribution in [0.5, 0.6) is 0 Å². The molecule has 0 aliphatic heterocycles. The van der Waals surface area contributed by atoms with E-state index in [0.29, 0.717) is 6.42 Å². The van der Waals surface area contributed by atoms with Gasteiger partial charge in [-0.2, -0.15) is 18.3 Å². The summed E-state index contributed by atoms with van der Waals surface area (Å²) in [6, 6.07) is 2.70. The fraction of sp³-hybridized carbons (Fsp3) is 0.462. The number of anilines is 1. The summed E-state index contributed by atoms with van der Waals surface area (Å²) in [4.78, 5) is 7.39. The molecule has 0 fully saturated rings. The van der Waals surface area contributed by atoms with Crippen molar-refractivity contribution in [2.24, 2.45) is 0 Å². The van der Waals surface area contributed by atoms with Gasteiger partial charge in [0.2, 0.25) is 0 Å². The Bertz CT molecular complexity index is 621. The third-order valence-electron chi connectivity index (χ3n) is 2.80. The highest BCUT2D eigenvalue weighted by Crippen LogP contribution is 2.28. The third kappa shape index (κ3) is 4.17. The summed E-state index contributed by atoms with van der Waals surface area (Å²) in [6.07, 6.45) is -3.90. The second-order valence-electron chi connectivity index (χ2n) is 4.98. The van der Waals surface area contributed by atoms with Crippen LogP contribution in [0, 0.1) is 13.8 Å². The number of hydrogen-bond donors (Lipinski definition) is 2. The van der Waals surface area contributed by atoms with E-state index in [2.05, 4.69) is 25.5 Å². The Labute approximate surface area is 120 Å². The Morgan fingerprint density at radius 1 is 1.24 bits per heavy atom. The Hall–Kier alpha value is -2.12. The van der Waals surface area contributed by atoms with Gasteiger partial charge in [-0.25, -0.2) is 9.97 Å². The maximum absolute atomic E-state index is 12.7. The molecule has 0 saturated heterocycles. The molecule has 2 aromatic rings. The van der Waals surface area contributed by atoms with Crippen molar-refractivity contribution in [1.82, 2.24) is 20.2 Å². The SMILES string of the molecule is Cc1nc(NC(C)Cc2cc(C)[nH]n2)cc(C(F)(F)F)n1. The van der Waals surface area contributed by atoms with E-state index in [1.165, 1.54) is 6.92 Å². The van der Waals surface area contributed by atoms with E-state index < -0.39 is 11.9 Å². The summed E-state index contributed by atoms with van der Waals surface area (Å²) in [7, 11) is 0. The lowest BCUT2D eigenvalue weighted by Crippen LogP contribution is -2.20. The molecule has 0 aliphatic carbocycles. The standard InChI is InChI=1S/C13H16F3N5/c1-7(4-10-5-8(2)20-21-10)17-12-6-11(13(14,15)16)18-9(3)19-12/h5-7H,4H2,1-3H3,(H,20,21)(H,17,18,19). The van der Waals surface area contributed by atoms with Crippen molar-refractivity contribution in [3.05, 3.63) is 35.0 Å². The predicted molar refractivity (Wildman–Crippen MR) is 71.9 cm³/mol. The van der Waals surface area contributed by atoms with Crippen LogP contribution in [0.3, 0.4) is 0 Å². The van der Waals surface area contributed by atoms with E-state index in [-0.39, 0.29) is 17.7 Å². The minimum Gasteiger partial charge on any atom is -0.367 e. The predicted octanol–water partition coefficient (Wildman–Crippen LogP) is 2.88. The summed E-state index contributed by atoms with van der Waals surface area (Å²) in [5.74, 6) is 0.240. The lowest BCUT2D eigenvalue weighted by Gasteiger charge is -2.15. The van der Waals surface area contributed by atoms with E-state index in [9.17, 15) is 13.2 Å². The number of nitrogens with zero attached hydrogens (tertiary/aromatic N) is 3. The second-order valence-corrected chi connectivity index (χ2v) is 4.98. The maximum atomic E-state index is 12.7. The molecule has 1 atom stereocenters. The van der Waals surface area contributed by atoms with Gasteiger partial charge in [0.15, 0.2) is 0 Å². The molecule has 5 nitrogen and oxygen atoms in total. The molecular formula is C13H16F3N5. The maximum Gasteiger partial charge on any atom is 0.433 e. The molecule has 0 aromatic carbocycles. The van der Waals surface area contributed by atoms with Crippen molar-refractivity contribution in [2.45, 2.75) is 39.4 Å². The van der Waals surface area contributed by atoms with Gasteiger partial charge in [-0.15, -0.1) is 0 Å². The van der Waals surface area contributed by atoms with Crippen LogP contribution in [-0.2, 0) is 12.6 Å². The van der Waals surface area contributed by atoms with Gasteiger partial charge in [0, 0.05) is 24.2 Å². The highest BCUT2D eigenvalue weighted by molar-refractivity contribution is 5.38. The Kier molecular flexibility index (Phi) is 4.15. The molecule has 0 aliphatic rings. The van der Waals surface area contributed by atoms with Crippen LogP contribution in [0.4, 0.5) is 19.0 Å². The van der Waals surface area contributed by atoms with Gasteiger partial charge in [0.05, 0.1) is 5.69 Å². The number of halogens is 3. The van der Waals surface area contributed by atoms with Gasteiger partial charge < -0.3 is 5.32 Å². The Morgan fingerprint density at radius 2 is 1.95 bits per heavy atom. The van der Waals surface area contributed by atoms with Crippen LogP contribution in [0.2, 0.25) is 0 Å².